The van der Waals surface area contributed by atoms with Gasteiger partial charge in [-0.3, -0.25) is 4.40 Å². The van der Waals surface area contributed by atoms with Crippen LogP contribution in [-0.4, -0.2) is 22.5 Å². The summed E-state index contributed by atoms with van der Waals surface area (Å²) in [5.41, 5.74) is 8.04. The van der Waals surface area contributed by atoms with E-state index < -0.39 is 0 Å². The van der Waals surface area contributed by atoms with Crippen molar-refractivity contribution >= 4 is 11.5 Å². The molecule has 1 aliphatic heterocycles. The number of nitrogens with one attached hydrogen (secondary N) is 1. The Hall–Kier alpha value is -1.55. The molecule has 0 spiro atoms. The molecular weight excluding hydrogens is 200 g/mol. The lowest BCUT2D eigenvalue weighted by atomic mass is 9.95. The number of nitrogen functional groups attached to an aromatic ring is 1. The van der Waals surface area contributed by atoms with Gasteiger partial charge in [-0.1, -0.05) is 6.07 Å². The number of nitrogens with two attached hydrogens (primary N) is 1. The van der Waals surface area contributed by atoms with Crippen molar-refractivity contribution in [2.24, 2.45) is 0 Å². The predicted molar refractivity (Wildman–Crippen MR) is 64.4 cm³/mol. The van der Waals surface area contributed by atoms with Gasteiger partial charge in [-0.15, -0.1) is 0 Å². The van der Waals surface area contributed by atoms with Crippen LogP contribution in [0.1, 0.15) is 24.5 Å². The number of pyridine rings is 1. The Bertz CT molecular complexity index is 497. The highest BCUT2D eigenvalue weighted by Gasteiger charge is 2.18. The van der Waals surface area contributed by atoms with Crippen LogP contribution in [0.25, 0.3) is 5.65 Å². The van der Waals surface area contributed by atoms with Gasteiger partial charge in [0.15, 0.2) is 0 Å². The van der Waals surface area contributed by atoms with Crippen LogP contribution in [0.2, 0.25) is 0 Å². The van der Waals surface area contributed by atoms with E-state index in [1.165, 1.54) is 18.5 Å². The fourth-order valence-corrected chi connectivity index (χ4v) is 2.37. The Morgan fingerprint density at radius 3 is 2.88 bits per heavy atom. The second kappa shape index (κ2) is 3.79. The quantitative estimate of drug-likeness (QED) is 0.757. The molecule has 0 amide bonds. The van der Waals surface area contributed by atoms with Crippen LogP contribution >= 0.6 is 0 Å². The molecule has 84 valence electrons. The molecule has 2 aromatic rings. The van der Waals surface area contributed by atoms with Crippen molar-refractivity contribution in [1.82, 2.24) is 14.7 Å². The summed E-state index contributed by atoms with van der Waals surface area (Å²) in [4.78, 5) is 4.65. The minimum Gasteiger partial charge on any atom is -0.385 e. The van der Waals surface area contributed by atoms with Crippen LogP contribution in [0.4, 0.5) is 5.82 Å². The third-order valence-electron chi connectivity index (χ3n) is 3.30. The van der Waals surface area contributed by atoms with Gasteiger partial charge in [-0.25, -0.2) is 4.98 Å². The molecule has 16 heavy (non-hydrogen) atoms. The number of anilines is 1. The number of aromatic nitrogens is 2. The molecule has 0 unspecified atom stereocenters. The van der Waals surface area contributed by atoms with Crippen LogP contribution < -0.4 is 11.1 Å². The Morgan fingerprint density at radius 2 is 2.12 bits per heavy atom. The van der Waals surface area contributed by atoms with Gasteiger partial charge in [0.2, 0.25) is 0 Å². The van der Waals surface area contributed by atoms with E-state index in [4.69, 9.17) is 5.73 Å². The van der Waals surface area contributed by atoms with E-state index in [1.54, 1.807) is 0 Å². The van der Waals surface area contributed by atoms with Gasteiger partial charge in [-0.2, -0.15) is 0 Å². The second-order valence-corrected chi connectivity index (χ2v) is 4.37. The van der Waals surface area contributed by atoms with Gasteiger partial charge in [-0.05, 0) is 38.1 Å². The van der Waals surface area contributed by atoms with E-state index in [9.17, 15) is 0 Å². The molecule has 0 atom stereocenters. The number of rotatable bonds is 1. The Labute approximate surface area is 94.5 Å². The predicted octanol–water partition coefficient (Wildman–Crippen LogP) is 1.38. The third-order valence-corrected chi connectivity index (χ3v) is 3.30. The number of hydrogen-bond acceptors (Lipinski definition) is 3. The molecule has 0 aromatic carbocycles. The molecule has 1 fully saturated rings. The standard InChI is InChI=1S/C12H16N4/c13-11-2-1-3-12-15-10(8-16(11)12)9-4-6-14-7-5-9/h1-3,8-9,14H,4-7,13H2. The van der Waals surface area contributed by atoms with Crippen molar-refractivity contribution in [3.05, 3.63) is 30.1 Å². The monoisotopic (exact) mass is 216 g/mol. The number of nitrogens with zero attached hydrogens (tertiary/aromatic N) is 2. The first-order valence-corrected chi connectivity index (χ1v) is 5.79. The van der Waals surface area contributed by atoms with Gasteiger partial charge in [0.1, 0.15) is 11.5 Å². The zero-order valence-corrected chi connectivity index (χ0v) is 9.19. The van der Waals surface area contributed by atoms with Crippen molar-refractivity contribution in [3.63, 3.8) is 0 Å². The lowest BCUT2D eigenvalue weighted by molar-refractivity contribution is 0.454. The lowest BCUT2D eigenvalue weighted by Gasteiger charge is -2.20. The number of piperidine rings is 1. The van der Waals surface area contributed by atoms with E-state index >= 15 is 0 Å². The maximum atomic E-state index is 5.91. The van der Waals surface area contributed by atoms with Crippen LogP contribution in [0.3, 0.4) is 0 Å². The molecule has 3 rings (SSSR count). The van der Waals surface area contributed by atoms with Crippen molar-refractivity contribution in [2.45, 2.75) is 18.8 Å². The molecule has 3 N–H and O–H groups in total. The van der Waals surface area contributed by atoms with Crippen LogP contribution in [0, 0.1) is 0 Å². The molecule has 0 bridgehead atoms. The topological polar surface area (TPSA) is 55.3 Å². The van der Waals surface area contributed by atoms with Gasteiger partial charge < -0.3 is 11.1 Å². The van der Waals surface area contributed by atoms with Gasteiger partial charge in [0, 0.05) is 12.1 Å². The molecule has 0 aliphatic carbocycles. The average molecular weight is 216 g/mol. The molecule has 1 aliphatic rings. The van der Waals surface area contributed by atoms with Crippen LogP contribution in [-0.2, 0) is 0 Å². The Balaban J connectivity index is 2.01. The number of fused-ring (bicyclic) bond motifs is 1. The van der Waals surface area contributed by atoms with E-state index in [-0.39, 0.29) is 0 Å². The molecule has 4 heteroatoms. The first kappa shape index (κ1) is 9.66. The maximum absolute atomic E-state index is 5.91. The zero-order valence-electron chi connectivity index (χ0n) is 9.19. The van der Waals surface area contributed by atoms with Crippen molar-refractivity contribution in [2.75, 3.05) is 18.8 Å². The summed E-state index contributed by atoms with van der Waals surface area (Å²) in [6.45, 7) is 2.18. The van der Waals surface area contributed by atoms with E-state index in [1.807, 2.05) is 22.6 Å². The number of imidazole rings is 1. The average Bonchev–Trinajstić information content (AvgIpc) is 2.76. The van der Waals surface area contributed by atoms with Crippen molar-refractivity contribution < 1.29 is 0 Å². The fraction of sp³-hybridized carbons (Fsp3) is 0.417. The smallest absolute Gasteiger partial charge is 0.138 e. The van der Waals surface area contributed by atoms with E-state index in [0.29, 0.717) is 5.92 Å². The normalized spacial score (nSPS) is 18.0. The largest absolute Gasteiger partial charge is 0.385 e. The number of hydrogen-bond donors (Lipinski definition) is 2. The molecule has 4 nitrogen and oxygen atoms in total. The Morgan fingerprint density at radius 1 is 1.31 bits per heavy atom. The van der Waals surface area contributed by atoms with Crippen molar-refractivity contribution in [3.8, 4) is 0 Å². The van der Waals surface area contributed by atoms with Gasteiger partial charge >= 0.3 is 0 Å². The summed E-state index contributed by atoms with van der Waals surface area (Å²) in [5.74, 6) is 1.34. The maximum Gasteiger partial charge on any atom is 0.138 e. The molecule has 3 heterocycles. The molecule has 1 saturated heterocycles. The van der Waals surface area contributed by atoms with E-state index in [2.05, 4.69) is 16.5 Å². The summed E-state index contributed by atoms with van der Waals surface area (Å²) in [7, 11) is 0. The summed E-state index contributed by atoms with van der Waals surface area (Å²) in [6.07, 6.45) is 4.42. The second-order valence-electron chi connectivity index (χ2n) is 4.37. The summed E-state index contributed by atoms with van der Waals surface area (Å²) >= 11 is 0. The summed E-state index contributed by atoms with van der Waals surface area (Å²) in [5, 5.41) is 3.37. The third kappa shape index (κ3) is 1.55. The van der Waals surface area contributed by atoms with Gasteiger partial charge in [0.05, 0.1) is 5.69 Å². The first-order valence-electron chi connectivity index (χ1n) is 5.79. The molecular formula is C12H16N4. The highest BCUT2D eigenvalue weighted by molar-refractivity contribution is 5.49. The van der Waals surface area contributed by atoms with Crippen LogP contribution in [0.5, 0.6) is 0 Å². The van der Waals surface area contributed by atoms with Crippen molar-refractivity contribution in [1.29, 1.82) is 0 Å². The zero-order chi connectivity index (χ0) is 11.0. The summed E-state index contributed by atoms with van der Waals surface area (Å²) in [6, 6.07) is 5.85. The highest BCUT2D eigenvalue weighted by atomic mass is 15.1. The molecule has 0 saturated carbocycles. The van der Waals surface area contributed by atoms with Gasteiger partial charge in [0.25, 0.3) is 0 Å². The highest BCUT2D eigenvalue weighted by Crippen LogP contribution is 2.25. The van der Waals surface area contributed by atoms with Crippen LogP contribution in [0.15, 0.2) is 24.4 Å². The minimum atomic E-state index is 0.584. The summed E-state index contributed by atoms with van der Waals surface area (Å²) < 4.78 is 1.97. The molecule has 2 aromatic heterocycles. The lowest BCUT2D eigenvalue weighted by Crippen LogP contribution is -2.26. The first-order chi connectivity index (χ1) is 7.84. The van der Waals surface area contributed by atoms with E-state index in [0.717, 1.165) is 24.6 Å². The SMILES string of the molecule is Nc1cccc2nc(C3CCNCC3)cn12. The Kier molecular flexibility index (Phi) is 2.29. The fourth-order valence-electron chi connectivity index (χ4n) is 2.37. The molecule has 0 radical (unpaired) electrons. The minimum absolute atomic E-state index is 0.584.